The molecule has 7 heteroatoms. The molecule has 1 unspecified atom stereocenters. The van der Waals surface area contributed by atoms with Crippen LogP contribution in [-0.4, -0.2) is 17.5 Å². The lowest BCUT2D eigenvalue weighted by atomic mass is 9.98. The minimum Gasteiger partial charge on any atom is -1.00 e. The van der Waals surface area contributed by atoms with Gasteiger partial charge in [0.25, 0.3) is 0 Å². The molecule has 0 spiro atoms. The van der Waals surface area contributed by atoms with E-state index in [0.29, 0.717) is 22.5 Å². The van der Waals surface area contributed by atoms with Crippen molar-refractivity contribution in [2.24, 2.45) is 0 Å². The van der Waals surface area contributed by atoms with Crippen molar-refractivity contribution >= 4 is 27.8 Å². The minimum absolute atomic E-state index is 0. The van der Waals surface area contributed by atoms with E-state index in [0.717, 1.165) is 22.0 Å². The Morgan fingerprint density at radius 3 is 2.36 bits per heavy atom. The Kier molecular flexibility index (Phi) is 7.43. The number of Topliss-reactive ketones (excluding diaryl/α,β-unsaturated/α-hetero) is 1. The average Bonchev–Trinajstić information content (AvgIpc) is 3.32. The molecule has 4 aromatic carbocycles. The number of hydrogen-bond donors (Lipinski definition) is 0. The summed E-state index contributed by atoms with van der Waals surface area (Å²) in [5, 5.41) is 0.849. The van der Waals surface area contributed by atoms with Gasteiger partial charge >= 0.3 is 5.63 Å². The van der Waals surface area contributed by atoms with Crippen molar-refractivity contribution in [2.75, 3.05) is 7.11 Å². The number of rotatable bonds is 7. The number of carbonyl (C=O) groups excluding carboxylic acids is 1. The van der Waals surface area contributed by atoms with E-state index in [9.17, 15) is 9.59 Å². The number of nitrogens with zero attached hydrogens (tertiary/aromatic N) is 2. The van der Waals surface area contributed by atoms with Gasteiger partial charge in [-0.3, -0.25) is 4.79 Å². The van der Waals surface area contributed by atoms with Crippen LogP contribution in [-0.2, 0) is 6.54 Å². The molecule has 0 N–H and O–H groups in total. The number of benzene rings is 4. The minimum atomic E-state index is -0.459. The fourth-order valence-corrected chi connectivity index (χ4v) is 4.95. The zero-order valence-electron chi connectivity index (χ0n) is 21.2. The second-order valence-electron chi connectivity index (χ2n) is 9.13. The van der Waals surface area contributed by atoms with E-state index in [2.05, 4.69) is 0 Å². The molecule has 0 aliphatic heterocycles. The van der Waals surface area contributed by atoms with Crippen LogP contribution in [0.25, 0.3) is 22.0 Å². The summed E-state index contributed by atoms with van der Waals surface area (Å²) in [5.41, 5.74) is 4.00. The van der Waals surface area contributed by atoms with Gasteiger partial charge in [0.1, 0.15) is 11.3 Å². The van der Waals surface area contributed by atoms with E-state index in [4.69, 9.17) is 9.15 Å². The van der Waals surface area contributed by atoms with Crippen LogP contribution < -0.4 is 31.9 Å². The maximum Gasteiger partial charge on any atom is 0.344 e. The number of carbonyl (C=O) groups is 1. The molecule has 1 atom stereocenters. The van der Waals surface area contributed by atoms with Crippen molar-refractivity contribution in [1.82, 2.24) is 4.57 Å². The molecule has 194 valence electrons. The van der Waals surface area contributed by atoms with E-state index >= 15 is 0 Å². The third-order valence-corrected chi connectivity index (χ3v) is 6.82. The number of imidazole rings is 1. The first kappa shape index (κ1) is 26.1. The van der Waals surface area contributed by atoms with Crippen molar-refractivity contribution < 1.29 is 35.5 Å². The lowest BCUT2D eigenvalue weighted by Gasteiger charge is -2.15. The fourth-order valence-electron chi connectivity index (χ4n) is 4.95. The maximum atomic E-state index is 13.3. The second kappa shape index (κ2) is 11.1. The highest BCUT2D eigenvalue weighted by Crippen LogP contribution is 2.29. The van der Waals surface area contributed by atoms with E-state index in [1.54, 1.807) is 37.4 Å². The standard InChI is InChI=1S/C32H25N2O4.BrH/c1-37-25-17-15-22(16-18-25)29(35)20-33-21-34(28-13-7-6-12-27(28)33)31(23-9-3-2-4-10-23)26-19-24-11-5-8-14-30(24)38-32(26)36;/h2-19,21,31H,20H2,1H3;1H/q+1;/p-1. The Bertz CT molecular complexity index is 1830. The Morgan fingerprint density at radius 2 is 1.59 bits per heavy atom. The van der Waals surface area contributed by atoms with Crippen molar-refractivity contribution in [3.8, 4) is 5.75 Å². The quantitative estimate of drug-likeness (QED) is 0.165. The van der Waals surface area contributed by atoms with Crippen molar-refractivity contribution in [2.45, 2.75) is 12.6 Å². The molecule has 0 fully saturated rings. The van der Waals surface area contributed by atoms with Crippen LogP contribution in [0, 0.1) is 0 Å². The summed E-state index contributed by atoms with van der Waals surface area (Å²) in [6.45, 7) is 0.147. The van der Waals surface area contributed by atoms with E-state index in [-0.39, 0.29) is 29.3 Å². The summed E-state index contributed by atoms with van der Waals surface area (Å²) < 4.78 is 14.9. The summed E-state index contributed by atoms with van der Waals surface area (Å²) in [5.74, 6) is 0.674. The molecule has 6 aromatic rings. The Balaban J connectivity index is 0.00000308. The van der Waals surface area contributed by atoms with Gasteiger partial charge in [0.15, 0.2) is 23.6 Å². The maximum absolute atomic E-state index is 13.3. The molecule has 0 saturated carbocycles. The number of fused-ring (bicyclic) bond motifs is 2. The molecule has 39 heavy (non-hydrogen) atoms. The van der Waals surface area contributed by atoms with Crippen LogP contribution in [0.2, 0.25) is 0 Å². The van der Waals surface area contributed by atoms with Crippen LogP contribution in [0.3, 0.4) is 0 Å². The third kappa shape index (κ3) is 5.01. The molecule has 0 aliphatic rings. The lowest BCUT2D eigenvalue weighted by molar-refractivity contribution is -0.658. The zero-order valence-corrected chi connectivity index (χ0v) is 22.7. The molecule has 2 aromatic heterocycles. The van der Waals surface area contributed by atoms with Gasteiger partial charge in [-0.15, -0.1) is 0 Å². The predicted molar refractivity (Wildman–Crippen MR) is 146 cm³/mol. The molecule has 0 aliphatic carbocycles. The third-order valence-electron chi connectivity index (χ3n) is 6.82. The molecule has 0 amide bonds. The molecule has 0 bridgehead atoms. The lowest BCUT2D eigenvalue weighted by Crippen LogP contribution is -3.00. The summed E-state index contributed by atoms with van der Waals surface area (Å²) in [6, 6.07) is 33.8. The number of halogens is 1. The van der Waals surface area contributed by atoms with Crippen LogP contribution in [0.4, 0.5) is 0 Å². The monoisotopic (exact) mass is 580 g/mol. The van der Waals surface area contributed by atoms with E-state index in [1.807, 2.05) is 94.3 Å². The molecular weight excluding hydrogens is 556 g/mol. The first-order chi connectivity index (χ1) is 18.6. The molecule has 0 radical (unpaired) electrons. The SMILES string of the molecule is COc1ccc(C(=O)C[n+]2cn(C(c3ccccc3)c3cc4ccccc4oc3=O)c3ccccc32)cc1.[Br-]. The van der Waals surface area contributed by atoms with Crippen molar-refractivity contribution in [1.29, 1.82) is 0 Å². The molecular formula is C32H25BrN2O4. The molecule has 6 rings (SSSR count). The Morgan fingerprint density at radius 1 is 0.897 bits per heavy atom. The number of methoxy groups -OCH3 is 1. The van der Waals surface area contributed by atoms with Crippen LogP contribution in [0.5, 0.6) is 5.75 Å². The van der Waals surface area contributed by atoms with Gasteiger partial charge in [-0.05, 0) is 48.5 Å². The Hall–Kier alpha value is -4.49. The average molecular weight is 581 g/mol. The highest BCUT2D eigenvalue weighted by molar-refractivity contribution is 5.95. The van der Waals surface area contributed by atoms with Crippen molar-refractivity contribution in [3.63, 3.8) is 0 Å². The first-order valence-electron chi connectivity index (χ1n) is 12.4. The van der Waals surface area contributed by atoms with Gasteiger partial charge in [-0.25, -0.2) is 13.9 Å². The van der Waals surface area contributed by atoms with Gasteiger partial charge in [-0.2, -0.15) is 0 Å². The highest BCUT2D eigenvalue weighted by Gasteiger charge is 2.30. The number of hydrogen-bond acceptors (Lipinski definition) is 4. The van der Waals surface area contributed by atoms with Gasteiger partial charge in [0.2, 0.25) is 12.1 Å². The predicted octanol–water partition coefficient (Wildman–Crippen LogP) is 2.57. The Labute approximate surface area is 235 Å². The van der Waals surface area contributed by atoms with Crippen molar-refractivity contribution in [3.05, 3.63) is 143 Å². The molecule has 0 saturated heterocycles. The number of aromatic nitrogens is 2. The van der Waals surface area contributed by atoms with Gasteiger partial charge in [0.05, 0.1) is 12.7 Å². The first-order valence-corrected chi connectivity index (χ1v) is 12.4. The van der Waals surface area contributed by atoms with Gasteiger partial charge < -0.3 is 26.1 Å². The van der Waals surface area contributed by atoms with Gasteiger partial charge in [-0.1, -0.05) is 60.7 Å². The number of ketones is 1. The summed E-state index contributed by atoms with van der Waals surface area (Å²) >= 11 is 0. The summed E-state index contributed by atoms with van der Waals surface area (Å²) in [7, 11) is 1.60. The second-order valence-corrected chi connectivity index (χ2v) is 9.13. The largest absolute Gasteiger partial charge is 1.00 e. The zero-order chi connectivity index (χ0) is 26.1. The van der Waals surface area contributed by atoms with Crippen LogP contribution in [0.15, 0.2) is 125 Å². The molecule has 6 nitrogen and oxygen atoms in total. The van der Waals surface area contributed by atoms with E-state index < -0.39 is 11.7 Å². The van der Waals surface area contributed by atoms with Crippen LogP contribution >= 0.6 is 0 Å². The summed E-state index contributed by atoms with van der Waals surface area (Å²) in [4.78, 5) is 26.6. The fraction of sp³-hybridized carbons (Fsp3) is 0.0938. The van der Waals surface area contributed by atoms with Crippen LogP contribution in [0.1, 0.15) is 27.5 Å². The molecule has 2 heterocycles. The smallest absolute Gasteiger partial charge is 0.344 e. The topological polar surface area (TPSA) is 65.3 Å². The number of para-hydroxylation sites is 3. The van der Waals surface area contributed by atoms with Gasteiger partial charge in [0, 0.05) is 16.5 Å². The summed E-state index contributed by atoms with van der Waals surface area (Å²) in [6.07, 6.45) is 1.92. The van der Waals surface area contributed by atoms with E-state index in [1.165, 1.54) is 0 Å². The highest BCUT2D eigenvalue weighted by atomic mass is 79.9. The number of ether oxygens (including phenoxy) is 1. The normalized spacial score (nSPS) is 11.7.